The van der Waals surface area contributed by atoms with Gasteiger partial charge in [0.15, 0.2) is 0 Å². The Morgan fingerprint density at radius 3 is 2.85 bits per heavy atom. The van der Waals surface area contributed by atoms with Crippen LogP contribution in [0.1, 0.15) is 34.3 Å². The quantitative estimate of drug-likeness (QED) is 0.747. The fourth-order valence-corrected chi connectivity index (χ4v) is 4.01. The largest absolute Gasteiger partial charge is 0.493 e. The molecule has 2 aromatic carbocycles. The lowest BCUT2D eigenvalue weighted by Gasteiger charge is -2.26. The van der Waals surface area contributed by atoms with Crippen molar-refractivity contribution in [1.29, 1.82) is 0 Å². The van der Waals surface area contributed by atoms with Crippen molar-refractivity contribution in [2.24, 2.45) is 0 Å². The van der Waals surface area contributed by atoms with E-state index in [4.69, 9.17) is 4.74 Å². The Labute approximate surface area is 156 Å². The van der Waals surface area contributed by atoms with E-state index >= 15 is 0 Å². The third kappa shape index (κ3) is 3.94. The van der Waals surface area contributed by atoms with Crippen molar-refractivity contribution in [2.45, 2.75) is 25.3 Å². The summed E-state index contributed by atoms with van der Waals surface area (Å²) in [6.07, 6.45) is 1.91. The van der Waals surface area contributed by atoms with Gasteiger partial charge in [-0.25, -0.2) is 4.98 Å². The van der Waals surface area contributed by atoms with Crippen LogP contribution in [0.5, 0.6) is 5.75 Å². The fraction of sp³-hybridized carbons (Fsp3) is 0.238. The Bertz CT molecular complexity index is 892. The van der Waals surface area contributed by atoms with Gasteiger partial charge in [0.1, 0.15) is 5.75 Å². The molecule has 132 valence electrons. The SMILES string of the molecule is O=C(Cc1csc(Cc2ccccc2)n1)NC1CCOc2ccccc21. The number of nitrogens with zero attached hydrogens (tertiary/aromatic N) is 1. The van der Waals surface area contributed by atoms with Crippen LogP contribution in [0, 0.1) is 0 Å². The molecular weight excluding hydrogens is 344 g/mol. The molecule has 4 rings (SSSR count). The van der Waals surface area contributed by atoms with Crippen LogP contribution in [0.25, 0.3) is 0 Å². The molecule has 4 nitrogen and oxygen atoms in total. The van der Waals surface area contributed by atoms with Crippen LogP contribution in [0.15, 0.2) is 60.0 Å². The third-order valence-corrected chi connectivity index (χ3v) is 5.33. The van der Waals surface area contributed by atoms with Crippen molar-refractivity contribution in [3.05, 3.63) is 81.8 Å². The zero-order chi connectivity index (χ0) is 17.8. The van der Waals surface area contributed by atoms with Crippen molar-refractivity contribution >= 4 is 17.2 Å². The summed E-state index contributed by atoms with van der Waals surface area (Å²) in [5.74, 6) is 0.867. The van der Waals surface area contributed by atoms with E-state index in [9.17, 15) is 4.79 Å². The first kappa shape index (κ1) is 16.8. The van der Waals surface area contributed by atoms with Crippen LogP contribution in [-0.4, -0.2) is 17.5 Å². The number of carbonyl (C=O) groups excluding carboxylic acids is 1. The molecule has 1 aliphatic heterocycles. The van der Waals surface area contributed by atoms with Gasteiger partial charge in [-0.1, -0.05) is 48.5 Å². The highest BCUT2D eigenvalue weighted by molar-refractivity contribution is 7.09. The maximum atomic E-state index is 12.5. The van der Waals surface area contributed by atoms with Crippen LogP contribution in [-0.2, 0) is 17.6 Å². The van der Waals surface area contributed by atoms with Crippen molar-refractivity contribution in [2.75, 3.05) is 6.61 Å². The van der Waals surface area contributed by atoms with Crippen LogP contribution in [0.2, 0.25) is 0 Å². The Kier molecular flexibility index (Phi) is 4.97. The zero-order valence-corrected chi connectivity index (χ0v) is 15.2. The number of nitrogens with one attached hydrogen (secondary N) is 1. The van der Waals surface area contributed by atoms with E-state index < -0.39 is 0 Å². The van der Waals surface area contributed by atoms with E-state index in [-0.39, 0.29) is 11.9 Å². The molecule has 3 aromatic rings. The van der Waals surface area contributed by atoms with Gasteiger partial charge >= 0.3 is 0 Å². The molecule has 1 aromatic heterocycles. The van der Waals surface area contributed by atoms with E-state index in [0.29, 0.717) is 13.0 Å². The molecule has 1 N–H and O–H groups in total. The summed E-state index contributed by atoms with van der Waals surface area (Å²) in [5.41, 5.74) is 3.12. The van der Waals surface area contributed by atoms with Crippen LogP contribution in [0.3, 0.4) is 0 Å². The molecule has 1 atom stereocenters. The number of aromatic nitrogens is 1. The number of ether oxygens (including phenoxy) is 1. The molecule has 26 heavy (non-hydrogen) atoms. The van der Waals surface area contributed by atoms with Gasteiger partial charge in [-0.3, -0.25) is 4.79 Å². The number of amides is 1. The smallest absolute Gasteiger partial charge is 0.226 e. The average molecular weight is 364 g/mol. The Morgan fingerprint density at radius 1 is 1.15 bits per heavy atom. The minimum atomic E-state index is 0.00302. The number of hydrogen-bond donors (Lipinski definition) is 1. The van der Waals surface area contributed by atoms with Gasteiger partial charge in [0.05, 0.1) is 29.8 Å². The van der Waals surface area contributed by atoms with E-state index in [1.807, 2.05) is 47.8 Å². The minimum absolute atomic E-state index is 0.00302. The van der Waals surface area contributed by atoms with Gasteiger partial charge in [-0.15, -0.1) is 11.3 Å². The molecule has 0 saturated carbocycles. The highest BCUT2D eigenvalue weighted by Gasteiger charge is 2.22. The highest BCUT2D eigenvalue weighted by Crippen LogP contribution is 2.31. The third-order valence-electron chi connectivity index (χ3n) is 4.43. The number of para-hydroxylation sites is 1. The van der Waals surface area contributed by atoms with Gasteiger partial charge in [0, 0.05) is 23.8 Å². The van der Waals surface area contributed by atoms with Crippen molar-refractivity contribution in [3.8, 4) is 5.75 Å². The molecule has 2 heterocycles. The van der Waals surface area contributed by atoms with Gasteiger partial charge in [0.2, 0.25) is 5.91 Å². The van der Waals surface area contributed by atoms with Crippen LogP contribution >= 0.6 is 11.3 Å². The molecule has 0 bridgehead atoms. The van der Waals surface area contributed by atoms with Crippen molar-refractivity contribution in [1.82, 2.24) is 10.3 Å². The predicted molar refractivity (Wildman–Crippen MR) is 103 cm³/mol. The van der Waals surface area contributed by atoms with Crippen LogP contribution < -0.4 is 10.1 Å². The van der Waals surface area contributed by atoms with E-state index in [1.54, 1.807) is 11.3 Å². The summed E-state index contributed by atoms with van der Waals surface area (Å²) in [6, 6.07) is 18.2. The van der Waals surface area contributed by atoms with Gasteiger partial charge in [-0.05, 0) is 11.6 Å². The topological polar surface area (TPSA) is 51.2 Å². The van der Waals surface area contributed by atoms with E-state index in [2.05, 4.69) is 22.4 Å². The van der Waals surface area contributed by atoms with Gasteiger partial charge in [0.25, 0.3) is 0 Å². The zero-order valence-electron chi connectivity index (χ0n) is 14.4. The minimum Gasteiger partial charge on any atom is -0.493 e. The highest BCUT2D eigenvalue weighted by atomic mass is 32.1. The normalized spacial score (nSPS) is 15.8. The summed E-state index contributed by atoms with van der Waals surface area (Å²) in [7, 11) is 0. The van der Waals surface area contributed by atoms with Crippen molar-refractivity contribution in [3.63, 3.8) is 0 Å². The molecule has 0 saturated heterocycles. The first-order valence-corrected chi connectivity index (χ1v) is 9.64. The molecule has 1 aliphatic rings. The molecule has 0 fully saturated rings. The molecule has 1 amide bonds. The molecule has 0 spiro atoms. The monoisotopic (exact) mass is 364 g/mol. The first-order valence-electron chi connectivity index (χ1n) is 8.76. The predicted octanol–water partition coefficient (Wildman–Crippen LogP) is 3.92. The number of fused-ring (bicyclic) bond motifs is 1. The maximum absolute atomic E-state index is 12.5. The Hall–Kier alpha value is -2.66. The average Bonchev–Trinajstić information content (AvgIpc) is 3.09. The van der Waals surface area contributed by atoms with E-state index in [1.165, 1.54) is 5.56 Å². The molecular formula is C21H20N2O2S. The lowest BCUT2D eigenvalue weighted by molar-refractivity contribution is -0.121. The summed E-state index contributed by atoms with van der Waals surface area (Å²) >= 11 is 1.61. The number of hydrogen-bond acceptors (Lipinski definition) is 4. The Morgan fingerprint density at radius 2 is 1.96 bits per heavy atom. The standard InChI is InChI=1S/C21H20N2O2S/c24-20(23-18-10-11-25-19-9-5-4-8-17(18)19)13-16-14-26-21(22-16)12-15-6-2-1-3-7-15/h1-9,14,18H,10-13H2,(H,23,24). The van der Waals surface area contributed by atoms with E-state index in [0.717, 1.165) is 34.9 Å². The summed E-state index contributed by atoms with van der Waals surface area (Å²) in [6.45, 7) is 0.625. The molecule has 5 heteroatoms. The number of benzene rings is 2. The molecule has 0 aliphatic carbocycles. The summed E-state index contributed by atoms with van der Waals surface area (Å²) < 4.78 is 5.65. The molecule has 1 unspecified atom stereocenters. The Balaban J connectivity index is 1.37. The first-order chi connectivity index (χ1) is 12.8. The maximum Gasteiger partial charge on any atom is 0.226 e. The number of rotatable bonds is 5. The second-order valence-corrected chi connectivity index (χ2v) is 7.31. The van der Waals surface area contributed by atoms with Crippen LogP contribution in [0.4, 0.5) is 0 Å². The summed E-state index contributed by atoms with van der Waals surface area (Å²) in [4.78, 5) is 17.1. The van der Waals surface area contributed by atoms with Gasteiger partial charge < -0.3 is 10.1 Å². The second-order valence-electron chi connectivity index (χ2n) is 6.37. The fourth-order valence-electron chi connectivity index (χ4n) is 3.18. The second kappa shape index (κ2) is 7.70. The number of thiazole rings is 1. The van der Waals surface area contributed by atoms with Crippen molar-refractivity contribution < 1.29 is 9.53 Å². The number of carbonyl (C=O) groups is 1. The molecule has 0 radical (unpaired) electrons. The van der Waals surface area contributed by atoms with Gasteiger partial charge in [-0.2, -0.15) is 0 Å². The lowest BCUT2D eigenvalue weighted by atomic mass is 10.0. The summed E-state index contributed by atoms with van der Waals surface area (Å²) in [5, 5.41) is 6.15. The lowest BCUT2D eigenvalue weighted by Crippen LogP contribution is -2.33.